The number of aryl methyl sites for hydroxylation is 1. The standard InChI is InChI=1S/C19H28N2/c1-15(2)9-12-21-13-10-17(11-14-21)20-19-8-7-16-5-3-4-6-18(16)19/h3-6,9,17,19-20H,7-8,10-14H2,1-2H3. The number of allylic oxidation sites excluding steroid dienone is 1. The zero-order valence-corrected chi connectivity index (χ0v) is 13.4. The average Bonchev–Trinajstić information content (AvgIpc) is 2.90. The third-order valence-electron chi connectivity index (χ3n) is 4.92. The lowest BCUT2D eigenvalue weighted by atomic mass is 10.0. The summed E-state index contributed by atoms with van der Waals surface area (Å²) in [6, 6.07) is 10.2. The van der Waals surface area contributed by atoms with Crippen LogP contribution < -0.4 is 5.32 Å². The van der Waals surface area contributed by atoms with Crippen molar-refractivity contribution >= 4 is 0 Å². The van der Waals surface area contributed by atoms with Crippen LogP contribution in [0.5, 0.6) is 0 Å². The monoisotopic (exact) mass is 284 g/mol. The van der Waals surface area contributed by atoms with Gasteiger partial charge in [0.2, 0.25) is 0 Å². The molecule has 1 heterocycles. The van der Waals surface area contributed by atoms with Gasteiger partial charge in [-0.1, -0.05) is 35.9 Å². The lowest BCUT2D eigenvalue weighted by Gasteiger charge is -2.33. The van der Waals surface area contributed by atoms with E-state index in [1.165, 1.54) is 44.3 Å². The number of benzene rings is 1. The molecule has 1 fully saturated rings. The van der Waals surface area contributed by atoms with E-state index in [0.29, 0.717) is 12.1 Å². The third kappa shape index (κ3) is 3.75. The molecule has 2 aliphatic rings. The van der Waals surface area contributed by atoms with Gasteiger partial charge in [0.25, 0.3) is 0 Å². The fraction of sp³-hybridized carbons (Fsp3) is 0.579. The van der Waals surface area contributed by atoms with Crippen LogP contribution in [0.3, 0.4) is 0 Å². The first-order valence-corrected chi connectivity index (χ1v) is 8.42. The lowest BCUT2D eigenvalue weighted by molar-refractivity contribution is 0.206. The Morgan fingerprint density at radius 2 is 1.95 bits per heavy atom. The minimum Gasteiger partial charge on any atom is -0.307 e. The molecule has 3 rings (SSSR count). The largest absolute Gasteiger partial charge is 0.307 e. The summed E-state index contributed by atoms with van der Waals surface area (Å²) in [5, 5.41) is 3.92. The van der Waals surface area contributed by atoms with E-state index in [-0.39, 0.29) is 0 Å². The van der Waals surface area contributed by atoms with Crippen LogP contribution in [0, 0.1) is 0 Å². The first-order valence-electron chi connectivity index (χ1n) is 8.42. The number of rotatable bonds is 4. The van der Waals surface area contributed by atoms with Crippen molar-refractivity contribution in [3.63, 3.8) is 0 Å². The summed E-state index contributed by atoms with van der Waals surface area (Å²) in [4.78, 5) is 2.58. The summed E-state index contributed by atoms with van der Waals surface area (Å²) in [6.45, 7) is 7.96. The molecule has 1 atom stereocenters. The first-order chi connectivity index (χ1) is 10.2. The molecule has 2 heteroatoms. The van der Waals surface area contributed by atoms with Crippen molar-refractivity contribution in [2.24, 2.45) is 0 Å². The zero-order valence-electron chi connectivity index (χ0n) is 13.4. The molecule has 114 valence electrons. The molecule has 0 spiro atoms. The Labute approximate surface area is 129 Å². The van der Waals surface area contributed by atoms with Gasteiger partial charge in [-0.05, 0) is 63.7 Å². The second-order valence-corrected chi connectivity index (χ2v) is 6.81. The topological polar surface area (TPSA) is 15.3 Å². The van der Waals surface area contributed by atoms with Crippen LogP contribution in [0.2, 0.25) is 0 Å². The molecule has 0 aromatic heterocycles. The molecule has 2 nitrogen and oxygen atoms in total. The Hall–Kier alpha value is -1.12. The lowest BCUT2D eigenvalue weighted by Crippen LogP contribution is -2.43. The Kier molecular flexibility index (Phi) is 4.77. The van der Waals surface area contributed by atoms with Gasteiger partial charge in [0, 0.05) is 18.6 Å². The van der Waals surface area contributed by atoms with Gasteiger partial charge in [-0.2, -0.15) is 0 Å². The molecule has 1 aromatic carbocycles. The highest BCUT2D eigenvalue weighted by molar-refractivity contribution is 5.34. The fourth-order valence-electron chi connectivity index (χ4n) is 3.61. The quantitative estimate of drug-likeness (QED) is 0.848. The molecular weight excluding hydrogens is 256 g/mol. The van der Waals surface area contributed by atoms with E-state index in [4.69, 9.17) is 0 Å². The van der Waals surface area contributed by atoms with Crippen molar-refractivity contribution in [3.8, 4) is 0 Å². The van der Waals surface area contributed by atoms with Crippen LogP contribution in [-0.2, 0) is 6.42 Å². The summed E-state index contributed by atoms with van der Waals surface area (Å²) < 4.78 is 0. The summed E-state index contributed by atoms with van der Waals surface area (Å²) in [5.41, 5.74) is 4.53. The van der Waals surface area contributed by atoms with E-state index in [9.17, 15) is 0 Å². The number of hydrogen-bond acceptors (Lipinski definition) is 2. The summed E-state index contributed by atoms with van der Waals surface area (Å²) >= 11 is 0. The average molecular weight is 284 g/mol. The van der Waals surface area contributed by atoms with Crippen molar-refractivity contribution < 1.29 is 0 Å². The fourth-order valence-corrected chi connectivity index (χ4v) is 3.61. The van der Waals surface area contributed by atoms with Gasteiger partial charge in [-0.3, -0.25) is 4.90 Å². The van der Waals surface area contributed by atoms with Gasteiger partial charge in [0.15, 0.2) is 0 Å². The maximum absolute atomic E-state index is 3.92. The van der Waals surface area contributed by atoms with Gasteiger partial charge in [0.1, 0.15) is 0 Å². The van der Waals surface area contributed by atoms with Crippen molar-refractivity contribution in [1.82, 2.24) is 10.2 Å². The number of nitrogens with one attached hydrogen (secondary N) is 1. The van der Waals surface area contributed by atoms with E-state index < -0.39 is 0 Å². The summed E-state index contributed by atoms with van der Waals surface area (Å²) in [5.74, 6) is 0. The molecule has 0 saturated carbocycles. The maximum Gasteiger partial charge on any atom is 0.0328 e. The predicted octanol–water partition coefficient (Wildman–Crippen LogP) is 3.69. The number of piperidine rings is 1. The highest BCUT2D eigenvalue weighted by Crippen LogP contribution is 2.31. The molecule has 0 amide bonds. The van der Waals surface area contributed by atoms with Crippen LogP contribution >= 0.6 is 0 Å². The van der Waals surface area contributed by atoms with Gasteiger partial charge < -0.3 is 5.32 Å². The zero-order chi connectivity index (χ0) is 14.7. The second kappa shape index (κ2) is 6.76. The highest BCUT2D eigenvalue weighted by atomic mass is 15.1. The van der Waals surface area contributed by atoms with E-state index >= 15 is 0 Å². The minimum absolute atomic E-state index is 0.593. The molecule has 1 aliphatic carbocycles. The van der Waals surface area contributed by atoms with Crippen molar-refractivity contribution in [1.29, 1.82) is 0 Å². The second-order valence-electron chi connectivity index (χ2n) is 6.81. The predicted molar refractivity (Wildman–Crippen MR) is 89.5 cm³/mol. The van der Waals surface area contributed by atoms with Gasteiger partial charge in [-0.25, -0.2) is 0 Å². The van der Waals surface area contributed by atoms with E-state index in [0.717, 1.165) is 6.54 Å². The maximum atomic E-state index is 3.92. The SMILES string of the molecule is CC(C)=CCN1CCC(NC2CCc3ccccc32)CC1. The molecule has 21 heavy (non-hydrogen) atoms. The van der Waals surface area contributed by atoms with E-state index in [1.807, 2.05) is 0 Å². The van der Waals surface area contributed by atoms with Crippen LogP contribution in [0.15, 0.2) is 35.9 Å². The minimum atomic E-state index is 0.593. The van der Waals surface area contributed by atoms with Crippen LogP contribution in [-0.4, -0.2) is 30.6 Å². The van der Waals surface area contributed by atoms with Gasteiger partial charge >= 0.3 is 0 Å². The highest BCUT2D eigenvalue weighted by Gasteiger charge is 2.26. The molecule has 1 saturated heterocycles. The van der Waals surface area contributed by atoms with Crippen molar-refractivity contribution in [2.45, 2.75) is 51.6 Å². The first kappa shape index (κ1) is 14.8. The van der Waals surface area contributed by atoms with Crippen LogP contribution in [0.25, 0.3) is 0 Å². The van der Waals surface area contributed by atoms with E-state index in [1.54, 1.807) is 11.1 Å². The third-order valence-corrected chi connectivity index (χ3v) is 4.92. The Morgan fingerprint density at radius 1 is 1.19 bits per heavy atom. The van der Waals surface area contributed by atoms with Crippen molar-refractivity contribution in [2.75, 3.05) is 19.6 Å². The van der Waals surface area contributed by atoms with Crippen LogP contribution in [0.1, 0.15) is 50.3 Å². The summed E-state index contributed by atoms with van der Waals surface area (Å²) in [6.07, 6.45) is 7.44. The molecule has 1 aliphatic heterocycles. The normalized spacial score (nSPS) is 23.0. The number of fused-ring (bicyclic) bond motifs is 1. The molecule has 0 bridgehead atoms. The molecule has 0 radical (unpaired) electrons. The summed E-state index contributed by atoms with van der Waals surface area (Å²) in [7, 11) is 0. The Bertz CT molecular complexity index is 494. The van der Waals surface area contributed by atoms with Gasteiger partial charge in [0.05, 0.1) is 0 Å². The Morgan fingerprint density at radius 3 is 2.71 bits per heavy atom. The van der Waals surface area contributed by atoms with Crippen molar-refractivity contribution in [3.05, 3.63) is 47.0 Å². The Balaban J connectivity index is 1.49. The number of nitrogens with zero attached hydrogens (tertiary/aromatic N) is 1. The molecule has 1 N–H and O–H groups in total. The number of likely N-dealkylation sites (tertiary alicyclic amines) is 1. The smallest absolute Gasteiger partial charge is 0.0328 e. The van der Waals surface area contributed by atoms with Crippen LogP contribution in [0.4, 0.5) is 0 Å². The molecule has 1 aromatic rings. The molecular formula is C19H28N2. The van der Waals surface area contributed by atoms with Gasteiger partial charge in [-0.15, -0.1) is 0 Å². The van der Waals surface area contributed by atoms with E-state index in [2.05, 4.69) is 54.4 Å². The number of hydrogen-bond donors (Lipinski definition) is 1. The molecule has 1 unspecified atom stereocenters.